The fourth-order valence-corrected chi connectivity index (χ4v) is 4.77. The number of furan rings is 1. The molecule has 3 aromatic heterocycles. The summed E-state index contributed by atoms with van der Waals surface area (Å²) in [5.41, 5.74) is 3.22. The van der Waals surface area contributed by atoms with Crippen LogP contribution in [0.4, 0.5) is 0 Å². The van der Waals surface area contributed by atoms with Gasteiger partial charge in [-0.2, -0.15) is 5.10 Å². The Balaban J connectivity index is 0.00000241. The quantitative estimate of drug-likeness (QED) is 0.311. The van der Waals surface area contributed by atoms with E-state index in [2.05, 4.69) is 14.7 Å². The van der Waals surface area contributed by atoms with Gasteiger partial charge in [0, 0.05) is 34.4 Å². The maximum atomic E-state index is 13.3. The molecule has 2 aromatic carbocycles. The Labute approximate surface area is 207 Å². The number of benzene rings is 2. The summed E-state index contributed by atoms with van der Waals surface area (Å²) in [6.07, 6.45) is 6.22. The molecule has 6 rings (SSSR count). The Morgan fingerprint density at radius 1 is 0.971 bits per heavy atom. The van der Waals surface area contributed by atoms with Gasteiger partial charge < -0.3 is 9.32 Å². The first-order chi connectivity index (χ1) is 16.2. The fraction of sp³-hybridized carbons (Fsp3) is 0.231. The maximum absolute atomic E-state index is 13.3. The van der Waals surface area contributed by atoms with Crippen molar-refractivity contribution in [2.45, 2.75) is 19.4 Å². The van der Waals surface area contributed by atoms with Crippen LogP contribution in [0.2, 0.25) is 5.02 Å². The van der Waals surface area contributed by atoms with Gasteiger partial charge in [-0.3, -0.25) is 14.0 Å². The van der Waals surface area contributed by atoms with Crippen LogP contribution in [0.15, 0.2) is 76.2 Å². The van der Waals surface area contributed by atoms with Crippen LogP contribution >= 0.6 is 24.0 Å². The van der Waals surface area contributed by atoms with Gasteiger partial charge in [0.25, 0.3) is 5.56 Å². The monoisotopic (exact) mass is 494 g/mol. The number of aromatic nitrogens is 3. The van der Waals surface area contributed by atoms with Crippen molar-refractivity contribution in [3.8, 4) is 17.0 Å². The predicted octanol–water partition coefficient (Wildman–Crippen LogP) is 5.77. The van der Waals surface area contributed by atoms with Crippen LogP contribution in [0.3, 0.4) is 0 Å². The molecule has 0 unspecified atom stereocenters. The summed E-state index contributed by atoms with van der Waals surface area (Å²) >= 11 is 5.99. The summed E-state index contributed by atoms with van der Waals surface area (Å²) in [4.78, 5) is 15.8. The molecule has 0 saturated carbocycles. The molecule has 8 heteroatoms. The summed E-state index contributed by atoms with van der Waals surface area (Å²) in [5, 5.41) is 6.81. The largest absolute Gasteiger partial charge is 0.456 e. The second-order valence-corrected chi connectivity index (χ2v) is 8.98. The molecular weight excluding hydrogens is 471 g/mol. The van der Waals surface area contributed by atoms with Crippen molar-refractivity contribution < 1.29 is 4.42 Å². The van der Waals surface area contributed by atoms with Gasteiger partial charge in [0.2, 0.25) is 0 Å². The first-order valence-electron chi connectivity index (χ1n) is 11.3. The highest BCUT2D eigenvalue weighted by molar-refractivity contribution is 6.30. The van der Waals surface area contributed by atoms with E-state index in [4.69, 9.17) is 16.0 Å². The summed E-state index contributed by atoms with van der Waals surface area (Å²) < 4.78 is 9.65. The Kier molecular flexibility index (Phi) is 6.21. The van der Waals surface area contributed by atoms with E-state index in [1.54, 1.807) is 16.8 Å². The van der Waals surface area contributed by atoms with Crippen LogP contribution in [0, 0.1) is 0 Å². The third kappa shape index (κ3) is 4.13. The summed E-state index contributed by atoms with van der Waals surface area (Å²) in [6.45, 7) is 4.26. The molecule has 6 nitrogen and oxygen atoms in total. The molecule has 0 bridgehead atoms. The molecule has 0 spiro atoms. The van der Waals surface area contributed by atoms with Crippen LogP contribution in [0.1, 0.15) is 12.8 Å². The van der Waals surface area contributed by atoms with Crippen molar-refractivity contribution in [2.75, 3.05) is 19.6 Å². The number of halogens is 2. The smallest absolute Gasteiger partial charge is 0.266 e. The van der Waals surface area contributed by atoms with Gasteiger partial charge in [-0.05, 0) is 80.5 Å². The Morgan fingerprint density at radius 2 is 1.76 bits per heavy atom. The SMILES string of the molecule is Cl.O=c1c2cc(-c3ccc(Cl)cc3)oc2ccn1-c1ccc2c(cnn2CCN2CCCC2)c1. The van der Waals surface area contributed by atoms with Gasteiger partial charge in [0.15, 0.2) is 0 Å². The van der Waals surface area contributed by atoms with Crippen molar-refractivity contribution in [1.29, 1.82) is 0 Å². The molecule has 0 aliphatic carbocycles. The van der Waals surface area contributed by atoms with Crippen molar-refractivity contribution in [1.82, 2.24) is 19.2 Å². The Bertz CT molecular complexity index is 1510. The van der Waals surface area contributed by atoms with Gasteiger partial charge in [0.1, 0.15) is 11.3 Å². The number of nitrogens with zero attached hydrogens (tertiary/aromatic N) is 4. The second-order valence-electron chi connectivity index (χ2n) is 8.55. The molecule has 34 heavy (non-hydrogen) atoms. The van der Waals surface area contributed by atoms with Crippen LogP contribution < -0.4 is 5.56 Å². The Morgan fingerprint density at radius 3 is 2.56 bits per heavy atom. The molecule has 174 valence electrons. The number of pyridine rings is 1. The van der Waals surface area contributed by atoms with Crippen LogP contribution in [-0.2, 0) is 6.54 Å². The number of fused-ring (bicyclic) bond motifs is 2. The van der Waals surface area contributed by atoms with Crippen LogP contribution in [0.5, 0.6) is 0 Å². The average Bonchev–Trinajstić information content (AvgIpc) is 3.58. The standard InChI is InChI=1S/C26H23ClN4O2.ClH/c27-20-5-3-18(4-6-20)25-16-22-24(33-25)9-12-30(26(22)32)21-7-8-23-19(15-21)17-28-31(23)14-13-29-10-1-2-11-29;/h3-9,12,15-17H,1-2,10-11,13-14H2;1H. The normalized spacial score (nSPS) is 14.1. The van der Waals surface area contributed by atoms with E-state index in [1.807, 2.05) is 54.7 Å². The highest BCUT2D eigenvalue weighted by atomic mass is 35.5. The maximum Gasteiger partial charge on any atom is 0.266 e. The number of hydrogen-bond donors (Lipinski definition) is 0. The zero-order valence-corrected chi connectivity index (χ0v) is 20.1. The molecule has 1 aliphatic heterocycles. The topological polar surface area (TPSA) is 56.2 Å². The first-order valence-corrected chi connectivity index (χ1v) is 11.6. The molecule has 0 N–H and O–H groups in total. The van der Waals surface area contributed by atoms with Crippen molar-refractivity contribution in [3.63, 3.8) is 0 Å². The molecule has 1 saturated heterocycles. The lowest BCUT2D eigenvalue weighted by atomic mass is 10.1. The van der Waals surface area contributed by atoms with E-state index in [9.17, 15) is 4.79 Å². The third-order valence-electron chi connectivity index (χ3n) is 6.44. The fourth-order valence-electron chi connectivity index (χ4n) is 4.64. The van der Waals surface area contributed by atoms with Crippen molar-refractivity contribution >= 4 is 45.9 Å². The van der Waals surface area contributed by atoms with E-state index < -0.39 is 0 Å². The van der Waals surface area contributed by atoms with E-state index in [1.165, 1.54) is 25.9 Å². The Hall–Kier alpha value is -3.06. The van der Waals surface area contributed by atoms with Gasteiger partial charge >= 0.3 is 0 Å². The second kappa shape index (κ2) is 9.29. The molecule has 0 amide bonds. The zero-order valence-electron chi connectivity index (χ0n) is 18.5. The lowest BCUT2D eigenvalue weighted by molar-refractivity contribution is 0.318. The van der Waals surface area contributed by atoms with Gasteiger partial charge in [-0.25, -0.2) is 0 Å². The van der Waals surface area contributed by atoms with Crippen LogP contribution in [0.25, 0.3) is 38.9 Å². The highest BCUT2D eigenvalue weighted by Crippen LogP contribution is 2.27. The third-order valence-corrected chi connectivity index (χ3v) is 6.70. The van der Waals surface area contributed by atoms with Gasteiger partial charge in [0.05, 0.1) is 23.6 Å². The lowest BCUT2D eigenvalue weighted by Gasteiger charge is -2.14. The highest BCUT2D eigenvalue weighted by Gasteiger charge is 2.14. The molecule has 4 heterocycles. The van der Waals surface area contributed by atoms with E-state index >= 15 is 0 Å². The number of hydrogen-bond acceptors (Lipinski definition) is 4. The van der Waals surface area contributed by atoms with Crippen LogP contribution in [-0.4, -0.2) is 38.9 Å². The summed E-state index contributed by atoms with van der Waals surface area (Å²) in [5.74, 6) is 0.645. The minimum absolute atomic E-state index is 0. The minimum Gasteiger partial charge on any atom is -0.456 e. The van der Waals surface area contributed by atoms with Gasteiger partial charge in [-0.1, -0.05) is 11.6 Å². The van der Waals surface area contributed by atoms with E-state index in [0.717, 1.165) is 35.2 Å². The van der Waals surface area contributed by atoms with Crippen molar-refractivity contribution in [3.05, 3.63) is 82.4 Å². The summed E-state index contributed by atoms with van der Waals surface area (Å²) in [7, 11) is 0. The number of rotatable bonds is 5. The van der Waals surface area contributed by atoms with Crippen molar-refractivity contribution in [2.24, 2.45) is 0 Å². The van der Waals surface area contributed by atoms with E-state index in [0.29, 0.717) is 21.8 Å². The minimum atomic E-state index is -0.114. The summed E-state index contributed by atoms with van der Waals surface area (Å²) in [6, 6.07) is 17.1. The number of likely N-dealkylation sites (tertiary alicyclic amines) is 1. The lowest BCUT2D eigenvalue weighted by Crippen LogP contribution is -2.24. The molecule has 1 aliphatic rings. The first kappa shape index (κ1) is 22.7. The zero-order chi connectivity index (χ0) is 22.4. The van der Waals surface area contributed by atoms with Gasteiger partial charge in [-0.15, -0.1) is 12.4 Å². The molecular formula is C26H24Cl2N4O2. The van der Waals surface area contributed by atoms with E-state index in [-0.39, 0.29) is 18.0 Å². The predicted molar refractivity (Wildman–Crippen MR) is 138 cm³/mol. The molecule has 0 atom stereocenters. The molecule has 0 radical (unpaired) electrons. The molecule has 5 aromatic rings. The molecule has 1 fully saturated rings. The average molecular weight is 495 g/mol.